The molecule has 4 heteroatoms. The summed E-state index contributed by atoms with van der Waals surface area (Å²) in [7, 11) is 0. The predicted octanol–water partition coefficient (Wildman–Crippen LogP) is 0.649. The summed E-state index contributed by atoms with van der Waals surface area (Å²) in [4.78, 5) is 0. The van der Waals surface area contributed by atoms with E-state index in [0.29, 0.717) is 11.3 Å². The molecular weight excluding hydrogens is 192 g/mol. The molecule has 2 aromatic rings. The van der Waals surface area contributed by atoms with E-state index in [4.69, 9.17) is 4.52 Å². The van der Waals surface area contributed by atoms with E-state index < -0.39 is 0 Å². The van der Waals surface area contributed by atoms with Crippen LogP contribution in [0.15, 0.2) is 28.8 Å². The first-order valence-electron chi connectivity index (χ1n) is 5.01. The van der Waals surface area contributed by atoms with E-state index >= 15 is 0 Å². The molecule has 0 amide bonds. The van der Waals surface area contributed by atoms with Gasteiger partial charge in [0.2, 0.25) is 5.76 Å². The summed E-state index contributed by atoms with van der Waals surface area (Å²) >= 11 is 0. The third kappa shape index (κ3) is 1.21. The maximum Gasteiger partial charge on any atom is 0.257 e. The highest BCUT2D eigenvalue weighted by atomic mass is 16.5. The van der Waals surface area contributed by atoms with E-state index in [-0.39, 0.29) is 5.75 Å². The Morgan fingerprint density at radius 1 is 1.33 bits per heavy atom. The van der Waals surface area contributed by atoms with Gasteiger partial charge in [0.1, 0.15) is 0 Å². The number of aryl methyl sites for hydroxylation is 1. The molecule has 0 saturated carbocycles. The van der Waals surface area contributed by atoms with Crippen LogP contribution in [-0.2, 0) is 13.0 Å². The predicted molar refractivity (Wildman–Crippen MR) is 49.9 cm³/mol. The molecule has 0 bridgehead atoms. The first kappa shape index (κ1) is 8.47. The topological polar surface area (TPSA) is 53.0 Å². The summed E-state index contributed by atoms with van der Waals surface area (Å²) in [5.41, 5.74) is 1.65. The van der Waals surface area contributed by atoms with E-state index in [9.17, 15) is 5.11 Å². The van der Waals surface area contributed by atoms with E-state index in [1.54, 1.807) is 18.2 Å². The van der Waals surface area contributed by atoms with Gasteiger partial charge >= 0.3 is 0 Å². The van der Waals surface area contributed by atoms with Crippen LogP contribution in [0, 0.1) is 0 Å². The second-order valence-corrected chi connectivity index (χ2v) is 3.67. The van der Waals surface area contributed by atoms with Gasteiger partial charge in [-0.1, -0.05) is 30.0 Å². The standard InChI is InChI=1S/C11H10N2O2/c14-10-6-2-1-4-8(10)11-9-5-3-7-13(9)12-15-11/h1-2,4,6H,3,5,7H2. The minimum absolute atomic E-state index is 0.0102. The van der Waals surface area contributed by atoms with E-state index in [1.165, 1.54) is 0 Å². The van der Waals surface area contributed by atoms with Crippen molar-refractivity contribution >= 4 is 0 Å². The third-order valence-electron chi connectivity index (χ3n) is 2.72. The average Bonchev–Trinajstić information content (AvgIpc) is 2.80. The summed E-state index contributed by atoms with van der Waals surface area (Å²) in [5, 5.41) is 15.5. The van der Waals surface area contributed by atoms with E-state index in [0.717, 1.165) is 25.1 Å². The summed E-state index contributed by atoms with van der Waals surface area (Å²) < 4.78 is 7.05. The smallest absolute Gasteiger partial charge is 0.257 e. The minimum Gasteiger partial charge on any atom is -0.872 e. The van der Waals surface area contributed by atoms with Gasteiger partial charge in [-0.05, 0) is 4.68 Å². The molecule has 0 fully saturated rings. The Morgan fingerprint density at radius 2 is 2.20 bits per heavy atom. The summed E-state index contributed by atoms with van der Waals surface area (Å²) in [5.74, 6) is 0.627. The van der Waals surface area contributed by atoms with Crippen LogP contribution >= 0.6 is 0 Å². The fraction of sp³-hybridized carbons (Fsp3) is 0.273. The molecule has 76 valence electrons. The van der Waals surface area contributed by atoms with Gasteiger partial charge in [-0.15, -0.1) is 0 Å². The van der Waals surface area contributed by atoms with Crippen molar-refractivity contribution in [3.8, 4) is 17.1 Å². The normalized spacial score (nSPS) is 14.1. The van der Waals surface area contributed by atoms with E-state index in [2.05, 4.69) is 5.27 Å². The van der Waals surface area contributed by atoms with Crippen LogP contribution in [0.25, 0.3) is 11.3 Å². The Bertz CT molecular complexity index is 505. The number of rotatable bonds is 1. The van der Waals surface area contributed by atoms with Gasteiger partial charge in [-0.25, -0.2) is 0 Å². The quantitative estimate of drug-likeness (QED) is 0.638. The Labute approximate surface area is 86.7 Å². The molecule has 0 spiro atoms. The first-order chi connectivity index (χ1) is 7.36. The lowest BCUT2D eigenvalue weighted by molar-refractivity contribution is -0.756. The van der Waals surface area contributed by atoms with Crippen LogP contribution in [-0.4, -0.2) is 5.27 Å². The molecular formula is C11H10N2O2. The van der Waals surface area contributed by atoms with E-state index in [1.807, 2.05) is 10.7 Å². The zero-order valence-electron chi connectivity index (χ0n) is 8.14. The van der Waals surface area contributed by atoms with Crippen molar-refractivity contribution in [1.82, 2.24) is 5.27 Å². The number of hydrogen-bond donors (Lipinski definition) is 0. The molecule has 2 heterocycles. The molecule has 1 aliphatic heterocycles. The largest absolute Gasteiger partial charge is 0.872 e. The Kier molecular flexibility index (Phi) is 1.74. The highest BCUT2D eigenvalue weighted by Gasteiger charge is 2.30. The average molecular weight is 202 g/mol. The summed E-state index contributed by atoms with van der Waals surface area (Å²) in [6.45, 7) is 0.889. The third-order valence-corrected chi connectivity index (χ3v) is 2.72. The number of hydrogen-bond acceptors (Lipinski definition) is 3. The fourth-order valence-corrected chi connectivity index (χ4v) is 1.98. The summed E-state index contributed by atoms with van der Waals surface area (Å²) in [6.07, 6.45) is 2.01. The van der Waals surface area contributed by atoms with Gasteiger partial charge in [0.15, 0.2) is 11.8 Å². The molecule has 0 N–H and O–H groups in total. The lowest BCUT2D eigenvalue weighted by atomic mass is 10.1. The molecule has 15 heavy (non-hydrogen) atoms. The molecule has 0 saturated heterocycles. The van der Waals surface area contributed by atoms with Crippen molar-refractivity contribution in [2.24, 2.45) is 0 Å². The number of aromatic nitrogens is 2. The molecule has 3 rings (SSSR count). The molecule has 0 radical (unpaired) electrons. The number of benzene rings is 1. The van der Waals surface area contributed by atoms with Crippen molar-refractivity contribution in [3.63, 3.8) is 0 Å². The van der Waals surface area contributed by atoms with Crippen molar-refractivity contribution in [2.75, 3.05) is 0 Å². The Hall–Kier alpha value is -1.84. The van der Waals surface area contributed by atoms with Gasteiger partial charge in [-0.2, -0.15) is 0 Å². The molecule has 0 unspecified atom stereocenters. The second kappa shape index (κ2) is 3.08. The molecule has 4 nitrogen and oxygen atoms in total. The van der Waals surface area contributed by atoms with Gasteiger partial charge in [0.05, 0.1) is 0 Å². The van der Waals surface area contributed by atoms with Crippen LogP contribution in [0.4, 0.5) is 0 Å². The number of fused-ring (bicyclic) bond motifs is 1. The molecule has 0 aliphatic carbocycles. The maximum atomic E-state index is 11.6. The zero-order chi connectivity index (χ0) is 10.3. The lowest BCUT2D eigenvalue weighted by Crippen LogP contribution is -2.33. The Morgan fingerprint density at radius 3 is 3.07 bits per heavy atom. The lowest BCUT2D eigenvalue weighted by Gasteiger charge is -2.08. The molecule has 1 aromatic heterocycles. The number of para-hydroxylation sites is 1. The zero-order valence-corrected chi connectivity index (χ0v) is 8.14. The van der Waals surface area contributed by atoms with Crippen molar-refractivity contribution in [1.29, 1.82) is 0 Å². The van der Waals surface area contributed by atoms with Crippen molar-refractivity contribution in [2.45, 2.75) is 19.4 Å². The number of nitrogens with zero attached hydrogens (tertiary/aromatic N) is 2. The minimum atomic E-state index is -0.0102. The van der Waals surface area contributed by atoms with Crippen molar-refractivity contribution in [3.05, 3.63) is 30.0 Å². The first-order valence-corrected chi connectivity index (χ1v) is 5.01. The molecule has 1 aliphatic rings. The van der Waals surface area contributed by atoms with Crippen LogP contribution in [0.5, 0.6) is 5.75 Å². The van der Waals surface area contributed by atoms with Crippen LogP contribution < -0.4 is 9.79 Å². The fourth-order valence-electron chi connectivity index (χ4n) is 1.98. The van der Waals surface area contributed by atoms with Gasteiger partial charge in [-0.3, -0.25) is 0 Å². The summed E-state index contributed by atoms with van der Waals surface area (Å²) in [6, 6.07) is 6.90. The highest BCUT2D eigenvalue weighted by Crippen LogP contribution is 2.29. The molecule has 1 aromatic carbocycles. The van der Waals surface area contributed by atoms with Gasteiger partial charge < -0.3 is 9.63 Å². The van der Waals surface area contributed by atoms with Crippen LogP contribution in [0.2, 0.25) is 0 Å². The van der Waals surface area contributed by atoms with Crippen LogP contribution in [0.3, 0.4) is 0 Å². The van der Waals surface area contributed by atoms with Crippen LogP contribution in [0.1, 0.15) is 12.1 Å². The SMILES string of the molecule is [O-]c1ccccc1-c1on[n+]2c1CCC2. The Balaban J connectivity index is 2.17. The second-order valence-electron chi connectivity index (χ2n) is 3.67. The maximum absolute atomic E-state index is 11.6. The van der Waals surface area contributed by atoms with Crippen molar-refractivity contribution < 1.29 is 14.3 Å². The van der Waals surface area contributed by atoms with Gasteiger partial charge in [0.25, 0.3) is 5.69 Å². The monoisotopic (exact) mass is 202 g/mol. The van der Waals surface area contributed by atoms with Gasteiger partial charge in [0, 0.05) is 18.4 Å². The highest BCUT2D eigenvalue weighted by molar-refractivity contribution is 5.65. The molecule has 0 atom stereocenters.